The van der Waals surface area contributed by atoms with Crippen molar-refractivity contribution in [2.75, 3.05) is 31.1 Å². The number of nitrogens with one attached hydrogen (secondary N) is 2. The van der Waals surface area contributed by atoms with E-state index in [0.29, 0.717) is 17.6 Å². The molecule has 1 aromatic heterocycles. The van der Waals surface area contributed by atoms with Crippen LogP contribution in [0.25, 0.3) is 22.0 Å². The number of hydrogen-bond acceptors (Lipinski definition) is 7. The lowest BCUT2D eigenvalue weighted by molar-refractivity contribution is -0.147. The van der Waals surface area contributed by atoms with Crippen molar-refractivity contribution in [3.05, 3.63) is 64.4 Å². The minimum atomic E-state index is -4.60. The van der Waals surface area contributed by atoms with Gasteiger partial charge in [-0.05, 0) is 29.7 Å². The molecular formula is C26H26ClF3N4O6. The first-order valence-electron chi connectivity index (χ1n) is 12.0. The zero-order chi connectivity index (χ0) is 28.2. The molecule has 0 aliphatic carbocycles. The van der Waals surface area contributed by atoms with Gasteiger partial charge < -0.3 is 25.5 Å². The SMILES string of the molecule is Cl.NCCNC(=O)CCC(=O)OC[C@H]1CN(c2ccc3cc(-c4ccccc4C(F)(F)F)[nH]c(=O)c3c2)C(=O)O1. The third-order valence-electron chi connectivity index (χ3n) is 5.99. The third kappa shape index (κ3) is 7.10. The Morgan fingerprint density at radius 2 is 1.88 bits per heavy atom. The molecule has 14 heteroatoms. The van der Waals surface area contributed by atoms with Crippen LogP contribution in [0.5, 0.6) is 0 Å². The minimum Gasteiger partial charge on any atom is -0.462 e. The van der Waals surface area contributed by atoms with Crippen molar-refractivity contribution in [1.82, 2.24) is 10.3 Å². The summed E-state index contributed by atoms with van der Waals surface area (Å²) in [6, 6.07) is 10.9. The number of nitrogens with two attached hydrogens (primary N) is 1. The number of nitrogens with zero attached hydrogens (tertiary/aromatic N) is 1. The van der Waals surface area contributed by atoms with E-state index in [9.17, 15) is 32.3 Å². The van der Waals surface area contributed by atoms with E-state index >= 15 is 0 Å². The number of fused-ring (bicyclic) bond motifs is 1. The molecule has 1 fully saturated rings. The Bertz CT molecular complexity index is 1460. The molecule has 2 aromatic carbocycles. The first kappa shape index (κ1) is 30.4. The average molecular weight is 583 g/mol. The van der Waals surface area contributed by atoms with Gasteiger partial charge in [0.2, 0.25) is 5.91 Å². The highest BCUT2D eigenvalue weighted by Gasteiger charge is 2.35. The van der Waals surface area contributed by atoms with Crippen LogP contribution in [0, 0.1) is 0 Å². The van der Waals surface area contributed by atoms with Crippen molar-refractivity contribution >= 4 is 46.8 Å². The second-order valence-electron chi connectivity index (χ2n) is 8.77. The van der Waals surface area contributed by atoms with Crippen LogP contribution < -0.4 is 21.5 Å². The Kier molecular flexibility index (Phi) is 9.77. The maximum Gasteiger partial charge on any atom is 0.417 e. The van der Waals surface area contributed by atoms with Gasteiger partial charge in [-0.3, -0.25) is 19.3 Å². The molecule has 1 atom stereocenters. The Labute approximate surface area is 232 Å². The van der Waals surface area contributed by atoms with Crippen molar-refractivity contribution in [2.45, 2.75) is 25.1 Å². The highest BCUT2D eigenvalue weighted by atomic mass is 35.5. The lowest BCUT2D eigenvalue weighted by Gasteiger charge is -2.15. The quantitative estimate of drug-likeness (QED) is 0.328. The molecule has 1 saturated heterocycles. The van der Waals surface area contributed by atoms with Gasteiger partial charge in [0.25, 0.3) is 5.56 Å². The zero-order valence-corrected chi connectivity index (χ0v) is 21.8. The van der Waals surface area contributed by atoms with Crippen LogP contribution in [-0.2, 0) is 25.2 Å². The van der Waals surface area contributed by atoms with E-state index in [2.05, 4.69) is 10.3 Å². The number of hydrogen-bond donors (Lipinski definition) is 3. The molecule has 40 heavy (non-hydrogen) atoms. The summed E-state index contributed by atoms with van der Waals surface area (Å²) in [4.78, 5) is 52.5. The van der Waals surface area contributed by atoms with Gasteiger partial charge in [-0.2, -0.15) is 13.2 Å². The number of pyridine rings is 1. The van der Waals surface area contributed by atoms with E-state index in [4.69, 9.17) is 15.2 Å². The number of aromatic nitrogens is 1. The molecule has 10 nitrogen and oxygen atoms in total. The number of aromatic amines is 1. The number of carbonyl (C=O) groups excluding carboxylic acids is 3. The summed E-state index contributed by atoms with van der Waals surface area (Å²) < 4.78 is 50.7. The number of amides is 2. The Balaban J connectivity index is 0.00000441. The molecule has 0 bridgehead atoms. The summed E-state index contributed by atoms with van der Waals surface area (Å²) in [5.74, 6) is -0.966. The molecule has 0 saturated carbocycles. The summed E-state index contributed by atoms with van der Waals surface area (Å²) in [5.41, 5.74) is 3.96. The summed E-state index contributed by atoms with van der Waals surface area (Å²) in [5, 5.41) is 3.07. The molecule has 0 radical (unpaired) electrons. The van der Waals surface area contributed by atoms with Gasteiger partial charge in [-0.15, -0.1) is 12.4 Å². The first-order valence-corrected chi connectivity index (χ1v) is 12.0. The van der Waals surface area contributed by atoms with Crippen molar-refractivity contribution < 1.29 is 37.0 Å². The fraction of sp³-hybridized carbons (Fsp3) is 0.308. The smallest absolute Gasteiger partial charge is 0.417 e. The lowest BCUT2D eigenvalue weighted by atomic mass is 10.0. The first-order chi connectivity index (χ1) is 18.6. The molecule has 1 aliphatic rings. The Morgan fingerprint density at radius 3 is 2.60 bits per heavy atom. The Morgan fingerprint density at radius 1 is 1.12 bits per heavy atom. The number of cyclic esters (lactones) is 1. The van der Waals surface area contributed by atoms with Crippen LogP contribution in [0.15, 0.2) is 53.3 Å². The molecule has 4 N–H and O–H groups in total. The van der Waals surface area contributed by atoms with E-state index in [0.717, 1.165) is 6.07 Å². The van der Waals surface area contributed by atoms with E-state index in [1.807, 2.05) is 0 Å². The highest BCUT2D eigenvalue weighted by Crippen LogP contribution is 2.36. The van der Waals surface area contributed by atoms with Crippen LogP contribution in [0.2, 0.25) is 0 Å². The molecule has 2 amide bonds. The highest BCUT2D eigenvalue weighted by molar-refractivity contribution is 5.95. The topological polar surface area (TPSA) is 144 Å². The van der Waals surface area contributed by atoms with Crippen LogP contribution in [0.1, 0.15) is 18.4 Å². The minimum absolute atomic E-state index is 0. The standard InChI is InChI=1S/C26H25F3N4O6.ClH/c27-26(28,29)20-4-2-1-3-18(20)21-11-15-5-6-16(12-19(15)24(36)32-21)33-13-17(39-25(33)37)14-38-23(35)8-7-22(34)31-10-9-30;/h1-6,11-12,17H,7-10,13-14,30H2,(H,31,34)(H,32,36);1H/t17-;/m1./s1. The van der Waals surface area contributed by atoms with Crippen LogP contribution in [0.3, 0.4) is 0 Å². The van der Waals surface area contributed by atoms with Crippen molar-refractivity contribution in [3.8, 4) is 11.3 Å². The fourth-order valence-electron chi connectivity index (χ4n) is 4.12. The van der Waals surface area contributed by atoms with E-state index in [-0.39, 0.29) is 67.5 Å². The molecule has 1 aliphatic heterocycles. The molecular weight excluding hydrogens is 557 g/mol. The van der Waals surface area contributed by atoms with Gasteiger partial charge in [0, 0.05) is 41.8 Å². The average Bonchev–Trinajstić information content (AvgIpc) is 3.29. The van der Waals surface area contributed by atoms with Gasteiger partial charge in [-0.1, -0.05) is 24.3 Å². The molecule has 0 spiro atoms. The molecule has 0 unspecified atom stereocenters. The number of carbonyl (C=O) groups is 3. The van der Waals surface area contributed by atoms with Crippen molar-refractivity contribution in [1.29, 1.82) is 0 Å². The number of benzene rings is 2. The predicted molar refractivity (Wildman–Crippen MR) is 142 cm³/mol. The van der Waals surface area contributed by atoms with Crippen molar-refractivity contribution in [2.24, 2.45) is 5.73 Å². The number of ether oxygens (including phenoxy) is 2. The third-order valence-corrected chi connectivity index (χ3v) is 5.99. The predicted octanol–water partition coefficient (Wildman–Crippen LogP) is 3.36. The molecule has 3 aromatic rings. The monoisotopic (exact) mass is 582 g/mol. The maximum atomic E-state index is 13.5. The number of alkyl halides is 3. The van der Waals surface area contributed by atoms with Crippen molar-refractivity contribution in [3.63, 3.8) is 0 Å². The van der Waals surface area contributed by atoms with Crippen LogP contribution >= 0.6 is 12.4 Å². The summed E-state index contributed by atoms with van der Waals surface area (Å²) in [7, 11) is 0. The number of anilines is 1. The number of esters is 1. The second-order valence-corrected chi connectivity index (χ2v) is 8.77. The molecule has 214 valence electrons. The summed E-state index contributed by atoms with van der Waals surface area (Å²) >= 11 is 0. The largest absolute Gasteiger partial charge is 0.462 e. The maximum absolute atomic E-state index is 13.5. The van der Waals surface area contributed by atoms with E-state index in [1.54, 1.807) is 0 Å². The van der Waals surface area contributed by atoms with Gasteiger partial charge >= 0.3 is 18.2 Å². The fourth-order valence-corrected chi connectivity index (χ4v) is 4.12. The summed E-state index contributed by atoms with van der Waals surface area (Å²) in [6.07, 6.45) is -6.31. The van der Waals surface area contributed by atoms with Crippen LogP contribution in [0.4, 0.5) is 23.7 Å². The van der Waals surface area contributed by atoms with Gasteiger partial charge in [0.1, 0.15) is 6.61 Å². The van der Waals surface area contributed by atoms with E-state index < -0.39 is 35.5 Å². The van der Waals surface area contributed by atoms with Gasteiger partial charge in [0.05, 0.1) is 18.5 Å². The Hall–Kier alpha value is -4.10. The number of halogens is 4. The lowest BCUT2D eigenvalue weighted by Crippen LogP contribution is -2.29. The zero-order valence-electron chi connectivity index (χ0n) is 21.0. The van der Waals surface area contributed by atoms with Gasteiger partial charge in [0.15, 0.2) is 6.10 Å². The second kappa shape index (κ2) is 12.8. The molecule has 2 heterocycles. The summed E-state index contributed by atoms with van der Waals surface area (Å²) in [6.45, 7) is 0.392. The van der Waals surface area contributed by atoms with Crippen LogP contribution in [-0.4, -0.2) is 55.3 Å². The molecule has 4 rings (SSSR count). The van der Waals surface area contributed by atoms with Gasteiger partial charge in [-0.25, -0.2) is 4.79 Å². The number of H-pyrrole nitrogens is 1. The normalized spacial score (nSPS) is 14.9. The van der Waals surface area contributed by atoms with E-state index in [1.165, 1.54) is 47.4 Å². The number of rotatable bonds is 9.